The molecule has 0 unspecified atom stereocenters. The third-order valence-corrected chi connectivity index (χ3v) is 0. The molecule has 0 aromatic carbocycles. The molecule has 0 saturated carbocycles. The zero-order valence-corrected chi connectivity index (χ0v) is 5.01. The van der Waals surface area contributed by atoms with E-state index in [0.29, 0.717) is 0 Å². The van der Waals surface area contributed by atoms with Crippen LogP contribution in [-0.2, 0) is 4.57 Å². The van der Waals surface area contributed by atoms with Crippen molar-refractivity contribution in [3.63, 3.8) is 0 Å². The molecule has 0 rings (SSSR count). The summed E-state index contributed by atoms with van der Waals surface area (Å²) < 4.78 is 8.88. The fourth-order valence-corrected chi connectivity index (χ4v) is 0. The van der Waals surface area contributed by atoms with E-state index >= 15 is 0 Å². The molecule has 0 spiro atoms. The Labute approximate surface area is 94.0 Å². The molecule has 0 aliphatic heterocycles. The fraction of sp³-hybridized carbons (Fsp3) is 0. The third kappa shape index (κ3) is 295. The Kier molecular flexibility index (Phi) is 15.2. The van der Waals surface area contributed by atoms with Gasteiger partial charge in [0.25, 0.3) is 0 Å². The molecule has 0 amide bonds. The molecule has 0 aliphatic rings. The average molecular weight is 249 g/mol. The third-order valence-electron chi connectivity index (χ3n) is 0. The Bertz CT molecular complexity index is 84.8. The van der Waals surface area contributed by atoms with Gasteiger partial charge in [0.05, 0.1) is 0 Å². The summed E-state index contributed by atoms with van der Waals surface area (Å²) >= 11 is 0. The van der Waals surface area contributed by atoms with E-state index in [4.69, 9.17) is 34.3 Å². The van der Waals surface area contributed by atoms with Crippen LogP contribution in [0.15, 0.2) is 0 Å². The first-order chi connectivity index (χ1) is 3.73. The Hall–Kier alpha value is 1.54. The Balaban J connectivity index is -0.0000000910. The number of phosphoric acid groups is 1. The van der Waals surface area contributed by atoms with Crippen molar-refractivity contribution in [2.24, 2.45) is 0 Å². The van der Waals surface area contributed by atoms with E-state index in [-0.39, 0.29) is 45.5 Å². The maximum atomic E-state index is 8.88. The van der Waals surface area contributed by atoms with Crippen LogP contribution < -0.4 is 0 Å². The summed E-state index contributed by atoms with van der Waals surface area (Å²) in [5.74, 6) is 0. The van der Waals surface area contributed by atoms with Crippen LogP contribution in [-0.4, -0.2) is 82.6 Å². The van der Waals surface area contributed by atoms with Crippen molar-refractivity contribution in [2.75, 3.05) is 0 Å². The molecule has 0 heterocycles. The SMILES string of the molecule is O=P(O)(O)O.OB(O)O.[SrH2]. The van der Waals surface area contributed by atoms with Gasteiger partial charge in [-0.25, -0.2) is 4.57 Å². The predicted octanol–water partition coefficient (Wildman–Crippen LogP) is -3.90. The van der Waals surface area contributed by atoms with Gasteiger partial charge in [-0.15, -0.1) is 0 Å². The van der Waals surface area contributed by atoms with Crippen LogP contribution in [0.4, 0.5) is 0 Å². The van der Waals surface area contributed by atoms with Crippen LogP contribution in [0.2, 0.25) is 0 Å². The fourth-order valence-electron chi connectivity index (χ4n) is 0. The van der Waals surface area contributed by atoms with Gasteiger partial charge in [0.1, 0.15) is 0 Å². The second-order valence-corrected chi connectivity index (χ2v) is 1.89. The van der Waals surface area contributed by atoms with Crippen molar-refractivity contribution in [3.8, 4) is 0 Å². The summed E-state index contributed by atoms with van der Waals surface area (Å²) in [7, 11) is -6.81. The van der Waals surface area contributed by atoms with E-state index < -0.39 is 15.1 Å². The molecule has 0 aliphatic carbocycles. The van der Waals surface area contributed by atoms with Crippen LogP contribution in [0.25, 0.3) is 0 Å². The average Bonchev–Trinajstić information content (AvgIpc) is 1.19. The van der Waals surface area contributed by atoms with Crippen LogP contribution in [0, 0.1) is 0 Å². The van der Waals surface area contributed by atoms with Gasteiger partial charge in [0.2, 0.25) is 0 Å². The quantitative estimate of drug-likeness (QED) is 0.191. The van der Waals surface area contributed by atoms with Gasteiger partial charge in [0, 0.05) is 0 Å². The summed E-state index contributed by atoms with van der Waals surface area (Å²) in [6.45, 7) is 0. The van der Waals surface area contributed by atoms with Gasteiger partial charge in [-0.1, -0.05) is 0 Å². The van der Waals surface area contributed by atoms with Crippen molar-refractivity contribution in [3.05, 3.63) is 0 Å². The van der Waals surface area contributed by atoms with Gasteiger partial charge in [-0.2, -0.15) is 0 Å². The molecule has 0 aromatic heterocycles. The van der Waals surface area contributed by atoms with Crippen molar-refractivity contribution >= 4 is 60.6 Å². The first-order valence-electron chi connectivity index (χ1n) is 1.56. The van der Waals surface area contributed by atoms with E-state index in [2.05, 4.69) is 0 Å². The van der Waals surface area contributed by atoms with Crippen molar-refractivity contribution < 1.29 is 34.3 Å². The molecular formula is H8BO7PSr. The summed E-state index contributed by atoms with van der Waals surface area (Å²) in [6.07, 6.45) is 0. The standard InChI is InChI=1S/BH3O3.H3O4P.Sr.2H/c2-1(3)4;1-5(2,3)4;;;/h2-4H;(H3,1,2,3,4);;;. The van der Waals surface area contributed by atoms with Crippen LogP contribution in [0.1, 0.15) is 0 Å². The molecule has 0 radical (unpaired) electrons. The van der Waals surface area contributed by atoms with E-state index in [0.717, 1.165) is 0 Å². The number of hydrogen-bond donors (Lipinski definition) is 6. The molecule has 6 N–H and O–H groups in total. The van der Waals surface area contributed by atoms with Gasteiger partial charge in [-0.3, -0.25) is 0 Å². The van der Waals surface area contributed by atoms with E-state index in [1.165, 1.54) is 0 Å². The molecule has 0 bridgehead atoms. The normalized spacial score (nSPS) is 8.60. The van der Waals surface area contributed by atoms with E-state index in [9.17, 15) is 0 Å². The molecule has 10 heavy (non-hydrogen) atoms. The number of hydrogen-bond acceptors (Lipinski definition) is 4. The van der Waals surface area contributed by atoms with Gasteiger partial charge in [0.15, 0.2) is 0 Å². The minimum atomic E-state index is -4.64. The van der Waals surface area contributed by atoms with Gasteiger partial charge >= 0.3 is 60.6 Å². The van der Waals surface area contributed by atoms with Crippen LogP contribution in [0.5, 0.6) is 0 Å². The summed E-state index contributed by atoms with van der Waals surface area (Å²) in [5, 5.41) is 21.5. The van der Waals surface area contributed by atoms with Crippen molar-refractivity contribution in [2.45, 2.75) is 0 Å². The van der Waals surface area contributed by atoms with Gasteiger partial charge < -0.3 is 29.8 Å². The molecule has 0 aromatic rings. The first-order valence-corrected chi connectivity index (χ1v) is 3.12. The van der Waals surface area contributed by atoms with E-state index in [1.807, 2.05) is 0 Å². The van der Waals surface area contributed by atoms with Crippen molar-refractivity contribution in [1.29, 1.82) is 0 Å². The molecule has 7 nitrogen and oxygen atoms in total. The zero-order chi connectivity index (χ0) is 8.08. The predicted molar refractivity (Wildman–Crippen MR) is 35.2 cm³/mol. The second kappa shape index (κ2) is 8.63. The van der Waals surface area contributed by atoms with Crippen LogP contribution in [0.3, 0.4) is 0 Å². The monoisotopic (exact) mass is 250 g/mol. The summed E-state index contributed by atoms with van der Waals surface area (Å²) in [6, 6.07) is 0. The molecule has 10 heteroatoms. The molecule has 0 fully saturated rings. The minimum absolute atomic E-state index is 0. The molecular weight excluding hydrogens is 241 g/mol. The Morgan fingerprint density at radius 1 is 1.00 bits per heavy atom. The van der Waals surface area contributed by atoms with E-state index in [1.54, 1.807) is 0 Å². The molecule has 0 saturated heterocycles. The summed E-state index contributed by atoms with van der Waals surface area (Å²) in [4.78, 5) is 21.6. The van der Waals surface area contributed by atoms with Crippen molar-refractivity contribution in [1.82, 2.24) is 0 Å². The van der Waals surface area contributed by atoms with Crippen LogP contribution >= 0.6 is 7.82 Å². The number of rotatable bonds is 0. The maximum absolute atomic E-state index is 8.88. The Morgan fingerprint density at radius 2 is 1.00 bits per heavy atom. The summed E-state index contributed by atoms with van der Waals surface area (Å²) in [5.41, 5.74) is 0. The second-order valence-electron chi connectivity index (χ2n) is 0.860. The topological polar surface area (TPSA) is 138 Å². The zero-order valence-electron chi connectivity index (χ0n) is 4.12. The molecule has 60 valence electrons. The Morgan fingerprint density at radius 3 is 1.00 bits per heavy atom. The van der Waals surface area contributed by atoms with Gasteiger partial charge in [-0.05, 0) is 0 Å². The molecule has 0 atom stereocenters. The first kappa shape index (κ1) is 17.6.